The Kier molecular flexibility index (Phi) is 10.7. The third-order valence-corrected chi connectivity index (χ3v) is 2.73. The summed E-state index contributed by atoms with van der Waals surface area (Å²) in [5.41, 5.74) is 0. The summed E-state index contributed by atoms with van der Waals surface area (Å²) in [4.78, 5) is 11.3. The minimum absolute atomic E-state index is 0.121. The smallest absolute Gasteiger partial charge is 0.220 e. The van der Waals surface area contributed by atoms with Gasteiger partial charge in [-0.15, -0.1) is 11.7 Å². The summed E-state index contributed by atoms with van der Waals surface area (Å²) in [6.07, 6.45) is 1.56. The van der Waals surface area contributed by atoms with Gasteiger partial charge in [-0.3, -0.25) is 4.79 Å². The molecule has 0 spiro atoms. The SMILES string of the molecule is CC(C)CCC(=O)NCCOCCSS. The van der Waals surface area contributed by atoms with Gasteiger partial charge in [-0.2, -0.15) is 0 Å². The third-order valence-electron chi connectivity index (χ3n) is 1.84. The molecule has 0 atom stereocenters. The van der Waals surface area contributed by atoms with Crippen molar-refractivity contribution in [2.45, 2.75) is 26.7 Å². The van der Waals surface area contributed by atoms with Crippen LogP contribution in [-0.2, 0) is 9.53 Å². The van der Waals surface area contributed by atoms with E-state index >= 15 is 0 Å². The molecule has 90 valence electrons. The maximum atomic E-state index is 11.3. The molecule has 0 radical (unpaired) electrons. The van der Waals surface area contributed by atoms with E-state index in [0.717, 1.165) is 12.2 Å². The van der Waals surface area contributed by atoms with Gasteiger partial charge >= 0.3 is 0 Å². The van der Waals surface area contributed by atoms with E-state index in [0.29, 0.717) is 32.1 Å². The van der Waals surface area contributed by atoms with Crippen molar-refractivity contribution in [2.24, 2.45) is 5.92 Å². The van der Waals surface area contributed by atoms with Crippen molar-refractivity contribution in [1.29, 1.82) is 0 Å². The summed E-state index contributed by atoms with van der Waals surface area (Å²) in [6, 6.07) is 0. The zero-order valence-electron chi connectivity index (χ0n) is 9.49. The number of ether oxygens (including phenoxy) is 1. The highest BCUT2D eigenvalue weighted by molar-refractivity contribution is 8.68. The average Bonchev–Trinajstić information content (AvgIpc) is 2.20. The van der Waals surface area contributed by atoms with Gasteiger partial charge in [0.25, 0.3) is 0 Å². The fourth-order valence-corrected chi connectivity index (χ4v) is 1.39. The molecule has 0 saturated carbocycles. The van der Waals surface area contributed by atoms with Crippen LogP contribution in [0.1, 0.15) is 26.7 Å². The van der Waals surface area contributed by atoms with Crippen LogP contribution in [0, 0.1) is 5.92 Å². The number of nitrogens with one attached hydrogen (secondary N) is 1. The van der Waals surface area contributed by atoms with Gasteiger partial charge in [-0.25, -0.2) is 0 Å². The largest absolute Gasteiger partial charge is 0.379 e. The minimum atomic E-state index is 0.121. The number of hydrogen-bond donors (Lipinski definition) is 2. The molecule has 0 bridgehead atoms. The van der Waals surface area contributed by atoms with Gasteiger partial charge in [0.05, 0.1) is 13.2 Å². The Morgan fingerprint density at radius 2 is 2.20 bits per heavy atom. The molecule has 1 amide bonds. The summed E-state index contributed by atoms with van der Waals surface area (Å²) >= 11 is 3.99. The molecule has 0 heterocycles. The van der Waals surface area contributed by atoms with Crippen LogP contribution >= 0.6 is 22.5 Å². The fraction of sp³-hybridized carbons (Fsp3) is 0.900. The lowest BCUT2D eigenvalue weighted by molar-refractivity contribution is -0.121. The van der Waals surface area contributed by atoms with Crippen LogP contribution in [0.5, 0.6) is 0 Å². The Bertz CT molecular complexity index is 166. The monoisotopic (exact) mass is 251 g/mol. The highest BCUT2D eigenvalue weighted by Crippen LogP contribution is 2.03. The third kappa shape index (κ3) is 12.1. The molecule has 0 aromatic rings. The van der Waals surface area contributed by atoms with Crippen molar-refractivity contribution in [3.8, 4) is 0 Å². The predicted molar refractivity (Wildman–Crippen MR) is 69.3 cm³/mol. The van der Waals surface area contributed by atoms with Gasteiger partial charge in [0.2, 0.25) is 5.91 Å². The normalized spacial score (nSPS) is 10.7. The molecule has 3 nitrogen and oxygen atoms in total. The van der Waals surface area contributed by atoms with E-state index in [9.17, 15) is 4.79 Å². The standard InChI is InChI=1S/C10H21NO2S2/c1-9(2)3-4-10(12)11-5-6-13-7-8-15-14/h9,14H,3-8H2,1-2H3,(H,11,12). The van der Waals surface area contributed by atoms with Crippen LogP contribution in [-0.4, -0.2) is 31.4 Å². The summed E-state index contributed by atoms with van der Waals surface area (Å²) < 4.78 is 5.27. The van der Waals surface area contributed by atoms with Crippen LogP contribution in [0.2, 0.25) is 0 Å². The van der Waals surface area contributed by atoms with E-state index in [1.165, 1.54) is 10.8 Å². The molecule has 0 fully saturated rings. The quantitative estimate of drug-likeness (QED) is 0.374. The van der Waals surface area contributed by atoms with Gasteiger partial charge in [-0.05, 0) is 12.3 Å². The second kappa shape index (κ2) is 10.6. The Morgan fingerprint density at radius 3 is 2.80 bits per heavy atom. The Hall–Kier alpha value is 0.130. The maximum Gasteiger partial charge on any atom is 0.220 e. The highest BCUT2D eigenvalue weighted by Gasteiger charge is 2.01. The van der Waals surface area contributed by atoms with Crippen LogP contribution in [0.15, 0.2) is 0 Å². The molecule has 1 N–H and O–H groups in total. The van der Waals surface area contributed by atoms with Crippen LogP contribution in [0.4, 0.5) is 0 Å². The van der Waals surface area contributed by atoms with Gasteiger partial charge in [0.15, 0.2) is 0 Å². The first-order valence-electron chi connectivity index (χ1n) is 5.27. The number of amides is 1. The van der Waals surface area contributed by atoms with Gasteiger partial charge in [0, 0.05) is 18.7 Å². The van der Waals surface area contributed by atoms with Crippen LogP contribution < -0.4 is 5.32 Å². The summed E-state index contributed by atoms with van der Waals surface area (Å²) in [5.74, 6) is 1.58. The van der Waals surface area contributed by atoms with Crippen molar-refractivity contribution >= 4 is 28.4 Å². The van der Waals surface area contributed by atoms with Gasteiger partial charge < -0.3 is 10.1 Å². The Morgan fingerprint density at radius 1 is 1.47 bits per heavy atom. The second-order valence-corrected chi connectivity index (χ2v) is 5.17. The number of carbonyl (C=O) groups excluding carboxylic acids is 1. The van der Waals surface area contributed by atoms with E-state index in [1.54, 1.807) is 0 Å². The van der Waals surface area contributed by atoms with Gasteiger partial charge in [0.1, 0.15) is 0 Å². The van der Waals surface area contributed by atoms with Crippen molar-refractivity contribution in [2.75, 3.05) is 25.5 Å². The fourth-order valence-electron chi connectivity index (χ4n) is 0.969. The van der Waals surface area contributed by atoms with E-state index in [4.69, 9.17) is 4.74 Å². The minimum Gasteiger partial charge on any atom is -0.379 e. The summed E-state index contributed by atoms with van der Waals surface area (Å²) in [6.45, 7) is 6.11. The van der Waals surface area contributed by atoms with Crippen molar-refractivity contribution < 1.29 is 9.53 Å². The number of rotatable bonds is 9. The molecule has 0 saturated heterocycles. The van der Waals surface area contributed by atoms with Crippen LogP contribution in [0.3, 0.4) is 0 Å². The summed E-state index contributed by atoms with van der Waals surface area (Å²) in [5, 5.41) is 2.83. The zero-order chi connectivity index (χ0) is 11.5. The van der Waals surface area contributed by atoms with E-state index < -0.39 is 0 Å². The molecule has 0 rings (SSSR count). The molecule has 0 aliphatic heterocycles. The van der Waals surface area contributed by atoms with E-state index in [2.05, 4.69) is 30.8 Å². The van der Waals surface area contributed by atoms with Crippen molar-refractivity contribution in [3.05, 3.63) is 0 Å². The number of carbonyl (C=O) groups is 1. The molecule has 15 heavy (non-hydrogen) atoms. The van der Waals surface area contributed by atoms with Crippen LogP contribution in [0.25, 0.3) is 0 Å². The maximum absolute atomic E-state index is 11.3. The van der Waals surface area contributed by atoms with Crippen molar-refractivity contribution in [1.82, 2.24) is 5.32 Å². The topological polar surface area (TPSA) is 38.3 Å². The molecular weight excluding hydrogens is 230 g/mol. The lowest BCUT2D eigenvalue weighted by Gasteiger charge is -2.07. The van der Waals surface area contributed by atoms with Gasteiger partial charge in [-0.1, -0.05) is 24.6 Å². The second-order valence-electron chi connectivity index (χ2n) is 3.73. The number of thiol groups is 1. The first kappa shape index (κ1) is 15.1. The lowest BCUT2D eigenvalue weighted by Crippen LogP contribution is -2.27. The first-order chi connectivity index (χ1) is 7.16. The zero-order valence-corrected chi connectivity index (χ0v) is 11.2. The molecular formula is C10H21NO2S2. The average molecular weight is 251 g/mol. The summed E-state index contributed by atoms with van der Waals surface area (Å²) in [7, 11) is 1.46. The van der Waals surface area contributed by atoms with E-state index in [-0.39, 0.29) is 5.91 Å². The lowest BCUT2D eigenvalue weighted by atomic mass is 10.1. The van der Waals surface area contributed by atoms with Crippen molar-refractivity contribution in [3.63, 3.8) is 0 Å². The molecule has 0 unspecified atom stereocenters. The first-order valence-corrected chi connectivity index (χ1v) is 7.31. The predicted octanol–water partition coefficient (Wildman–Crippen LogP) is 2.13. The molecule has 0 aromatic heterocycles. The highest BCUT2D eigenvalue weighted by atomic mass is 33.1. The molecule has 0 aliphatic carbocycles. The molecule has 0 aromatic carbocycles. The molecule has 5 heteroatoms. The molecule has 0 aliphatic rings. The Labute approximate surface area is 102 Å². The van der Waals surface area contributed by atoms with E-state index in [1.807, 2.05) is 0 Å². The Balaban J connectivity index is 3.17. The number of hydrogen-bond acceptors (Lipinski definition) is 4.